The van der Waals surface area contributed by atoms with Gasteiger partial charge in [0.2, 0.25) is 5.91 Å². The number of hydrogen-bond acceptors (Lipinski definition) is 3. The average molecular weight is 316 g/mol. The molecule has 0 radical (unpaired) electrons. The molecule has 1 aromatic heterocycles. The van der Waals surface area contributed by atoms with Crippen LogP contribution in [0.2, 0.25) is 0 Å². The van der Waals surface area contributed by atoms with Crippen LogP contribution in [0.4, 0.5) is 0 Å². The molecule has 1 aromatic rings. The summed E-state index contributed by atoms with van der Waals surface area (Å²) >= 11 is 3.11. The first kappa shape index (κ1) is 14.9. The lowest BCUT2D eigenvalue weighted by Gasteiger charge is -2.10. The molecule has 0 saturated heterocycles. The number of rotatable bonds is 5. The first-order chi connectivity index (χ1) is 8.41. The van der Waals surface area contributed by atoms with Gasteiger partial charge in [0.1, 0.15) is 16.8 Å². The van der Waals surface area contributed by atoms with E-state index in [0.717, 1.165) is 6.42 Å². The summed E-state index contributed by atoms with van der Waals surface area (Å²) in [4.78, 5) is 27.5. The van der Waals surface area contributed by atoms with Gasteiger partial charge in [0.15, 0.2) is 0 Å². The second-order valence-electron chi connectivity index (χ2n) is 4.58. The SMILES string of the molecule is Cc1ncc(Br)c(=O)n1CC(=O)NCCC(C)C. The Morgan fingerprint density at radius 3 is 2.83 bits per heavy atom. The Hall–Kier alpha value is -1.17. The van der Waals surface area contributed by atoms with Crippen molar-refractivity contribution >= 4 is 21.8 Å². The lowest BCUT2D eigenvalue weighted by Crippen LogP contribution is -2.34. The van der Waals surface area contributed by atoms with Crippen LogP contribution in [0, 0.1) is 12.8 Å². The number of nitrogens with one attached hydrogen (secondary N) is 1. The molecule has 0 aromatic carbocycles. The summed E-state index contributed by atoms with van der Waals surface area (Å²) in [6.45, 7) is 6.54. The highest BCUT2D eigenvalue weighted by Crippen LogP contribution is 2.01. The zero-order valence-electron chi connectivity index (χ0n) is 10.9. The smallest absolute Gasteiger partial charge is 0.268 e. The summed E-state index contributed by atoms with van der Waals surface area (Å²) in [6.07, 6.45) is 2.38. The molecule has 1 rings (SSSR count). The van der Waals surface area contributed by atoms with E-state index < -0.39 is 0 Å². The van der Waals surface area contributed by atoms with E-state index in [9.17, 15) is 9.59 Å². The predicted octanol–water partition coefficient (Wildman–Crippen LogP) is 1.48. The maximum absolute atomic E-state index is 11.8. The molecule has 0 fully saturated rings. The van der Waals surface area contributed by atoms with Crippen molar-refractivity contribution in [2.24, 2.45) is 5.92 Å². The van der Waals surface area contributed by atoms with E-state index in [-0.39, 0.29) is 18.0 Å². The van der Waals surface area contributed by atoms with Gasteiger partial charge in [0.25, 0.3) is 5.56 Å². The van der Waals surface area contributed by atoms with Crippen molar-refractivity contribution in [2.75, 3.05) is 6.54 Å². The van der Waals surface area contributed by atoms with Crippen LogP contribution in [0.5, 0.6) is 0 Å². The molecule has 6 heteroatoms. The topological polar surface area (TPSA) is 64.0 Å². The van der Waals surface area contributed by atoms with Gasteiger partial charge < -0.3 is 5.32 Å². The number of hydrogen-bond donors (Lipinski definition) is 1. The monoisotopic (exact) mass is 315 g/mol. The Morgan fingerprint density at radius 2 is 2.22 bits per heavy atom. The van der Waals surface area contributed by atoms with Crippen molar-refractivity contribution in [1.82, 2.24) is 14.9 Å². The molecule has 0 aliphatic carbocycles. The fourth-order valence-electron chi connectivity index (χ4n) is 1.44. The van der Waals surface area contributed by atoms with Gasteiger partial charge >= 0.3 is 0 Å². The first-order valence-corrected chi connectivity index (χ1v) is 6.69. The zero-order chi connectivity index (χ0) is 13.7. The number of aromatic nitrogens is 2. The van der Waals surface area contributed by atoms with Gasteiger partial charge in [-0.1, -0.05) is 13.8 Å². The minimum atomic E-state index is -0.235. The molecular weight excluding hydrogens is 298 g/mol. The first-order valence-electron chi connectivity index (χ1n) is 5.90. The van der Waals surface area contributed by atoms with E-state index in [0.29, 0.717) is 22.8 Å². The highest BCUT2D eigenvalue weighted by atomic mass is 79.9. The highest BCUT2D eigenvalue weighted by Gasteiger charge is 2.09. The van der Waals surface area contributed by atoms with Gasteiger partial charge in [0.05, 0.1) is 0 Å². The summed E-state index contributed by atoms with van der Waals surface area (Å²) in [7, 11) is 0. The quantitative estimate of drug-likeness (QED) is 0.895. The Balaban J connectivity index is 2.65. The fourth-order valence-corrected chi connectivity index (χ4v) is 1.75. The summed E-state index contributed by atoms with van der Waals surface area (Å²) in [6, 6.07) is 0. The summed E-state index contributed by atoms with van der Waals surface area (Å²) in [5.41, 5.74) is -0.235. The summed E-state index contributed by atoms with van der Waals surface area (Å²) in [5, 5.41) is 2.79. The molecule has 5 nitrogen and oxygen atoms in total. The van der Waals surface area contributed by atoms with Crippen molar-refractivity contribution in [3.8, 4) is 0 Å². The van der Waals surface area contributed by atoms with Crippen LogP contribution in [0.15, 0.2) is 15.5 Å². The predicted molar refractivity (Wildman–Crippen MR) is 73.4 cm³/mol. The highest BCUT2D eigenvalue weighted by molar-refractivity contribution is 9.10. The number of nitrogens with zero attached hydrogens (tertiary/aromatic N) is 2. The molecule has 0 atom stereocenters. The molecule has 1 N–H and O–H groups in total. The number of carbonyl (C=O) groups excluding carboxylic acids is 1. The van der Waals surface area contributed by atoms with Crippen LogP contribution < -0.4 is 10.9 Å². The maximum atomic E-state index is 11.8. The van der Waals surface area contributed by atoms with E-state index in [1.807, 2.05) is 0 Å². The molecule has 0 unspecified atom stereocenters. The molecule has 1 heterocycles. The van der Waals surface area contributed by atoms with Gasteiger partial charge in [-0.15, -0.1) is 0 Å². The number of halogens is 1. The van der Waals surface area contributed by atoms with Gasteiger partial charge in [-0.3, -0.25) is 14.2 Å². The normalized spacial score (nSPS) is 10.7. The second-order valence-corrected chi connectivity index (χ2v) is 5.43. The fraction of sp³-hybridized carbons (Fsp3) is 0.583. The molecule has 100 valence electrons. The minimum absolute atomic E-state index is 0.00913. The van der Waals surface area contributed by atoms with Gasteiger partial charge in [0, 0.05) is 12.7 Å². The molecule has 0 aliphatic rings. The van der Waals surface area contributed by atoms with Gasteiger partial charge in [-0.25, -0.2) is 4.98 Å². The minimum Gasteiger partial charge on any atom is -0.355 e. The maximum Gasteiger partial charge on any atom is 0.268 e. The van der Waals surface area contributed by atoms with E-state index in [1.165, 1.54) is 10.8 Å². The third-order valence-corrected chi connectivity index (χ3v) is 3.09. The van der Waals surface area contributed by atoms with E-state index in [2.05, 4.69) is 40.1 Å². The van der Waals surface area contributed by atoms with Crippen molar-refractivity contribution in [1.29, 1.82) is 0 Å². The van der Waals surface area contributed by atoms with Crippen LogP contribution in [0.3, 0.4) is 0 Å². The Kier molecular flexibility index (Phi) is 5.53. The Bertz CT molecular complexity index is 483. The Morgan fingerprint density at radius 1 is 1.56 bits per heavy atom. The lowest BCUT2D eigenvalue weighted by molar-refractivity contribution is -0.121. The molecule has 0 saturated carbocycles. The van der Waals surface area contributed by atoms with Crippen molar-refractivity contribution < 1.29 is 4.79 Å². The van der Waals surface area contributed by atoms with E-state index in [4.69, 9.17) is 0 Å². The standard InChI is InChI=1S/C12H18BrN3O2/c1-8(2)4-5-14-11(17)7-16-9(3)15-6-10(13)12(16)18/h6,8H,4-5,7H2,1-3H3,(H,14,17). The van der Waals surface area contributed by atoms with E-state index >= 15 is 0 Å². The second kappa shape index (κ2) is 6.68. The van der Waals surface area contributed by atoms with E-state index in [1.54, 1.807) is 6.92 Å². The average Bonchev–Trinajstić information content (AvgIpc) is 2.29. The summed E-state index contributed by atoms with van der Waals surface area (Å²) < 4.78 is 1.72. The lowest BCUT2D eigenvalue weighted by atomic mass is 10.1. The van der Waals surface area contributed by atoms with Crippen LogP contribution >= 0.6 is 15.9 Å². The van der Waals surface area contributed by atoms with Crippen LogP contribution in [0.25, 0.3) is 0 Å². The third kappa shape index (κ3) is 4.25. The van der Waals surface area contributed by atoms with Crippen molar-refractivity contribution in [2.45, 2.75) is 33.7 Å². The molecule has 18 heavy (non-hydrogen) atoms. The van der Waals surface area contributed by atoms with Crippen LogP contribution in [-0.4, -0.2) is 22.0 Å². The molecule has 0 spiro atoms. The number of amides is 1. The van der Waals surface area contributed by atoms with Gasteiger partial charge in [-0.05, 0) is 35.2 Å². The molecular formula is C12H18BrN3O2. The van der Waals surface area contributed by atoms with Crippen molar-refractivity contribution in [3.05, 3.63) is 26.8 Å². The third-order valence-electron chi connectivity index (χ3n) is 2.55. The molecule has 1 amide bonds. The molecule has 0 aliphatic heterocycles. The van der Waals surface area contributed by atoms with Crippen LogP contribution in [0.1, 0.15) is 26.1 Å². The number of carbonyl (C=O) groups is 1. The summed E-state index contributed by atoms with van der Waals surface area (Å²) in [5.74, 6) is 0.908. The number of aryl methyl sites for hydroxylation is 1. The van der Waals surface area contributed by atoms with Crippen LogP contribution in [-0.2, 0) is 11.3 Å². The molecule has 0 bridgehead atoms. The van der Waals surface area contributed by atoms with Crippen molar-refractivity contribution in [3.63, 3.8) is 0 Å². The van der Waals surface area contributed by atoms with Gasteiger partial charge in [-0.2, -0.15) is 0 Å². The zero-order valence-corrected chi connectivity index (χ0v) is 12.5. The largest absolute Gasteiger partial charge is 0.355 e. The Labute approximate surface area is 115 Å².